The molecule has 10 heteroatoms. The first kappa shape index (κ1) is 27.5. The first-order chi connectivity index (χ1) is 17.7. The average molecular weight is 526 g/mol. The Labute approximate surface area is 217 Å². The van der Waals surface area contributed by atoms with Crippen molar-refractivity contribution < 1.29 is 27.5 Å². The van der Waals surface area contributed by atoms with Crippen LogP contribution in [0.5, 0.6) is 11.5 Å². The van der Waals surface area contributed by atoms with Crippen molar-refractivity contribution in [3.63, 3.8) is 0 Å². The van der Waals surface area contributed by atoms with E-state index in [-0.39, 0.29) is 23.0 Å². The van der Waals surface area contributed by atoms with Gasteiger partial charge in [0, 0.05) is 13.6 Å². The highest BCUT2D eigenvalue weighted by molar-refractivity contribution is 7.92. The van der Waals surface area contributed by atoms with E-state index in [9.17, 15) is 18.0 Å². The summed E-state index contributed by atoms with van der Waals surface area (Å²) >= 11 is 0. The molecule has 2 amide bonds. The monoisotopic (exact) mass is 525 g/mol. The van der Waals surface area contributed by atoms with Gasteiger partial charge in [0.1, 0.15) is 24.1 Å². The molecule has 37 heavy (non-hydrogen) atoms. The first-order valence-electron chi connectivity index (χ1n) is 11.6. The van der Waals surface area contributed by atoms with Crippen LogP contribution in [0.15, 0.2) is 83.8 Å². The lowest BCUT2D eigenvalue weighted by atomic mass is 10.1. The van der Waals surface area contributed by atoms with Crippen LogP contribution in [-0.2, 0) is 26.2 Å². The zero-order valence-electron chi connectivity index (χ0n) is 21.2. The van der Waals surface area contributed by atoms with Crippen molar-refractivity contribution in [2.24, 2.45) is 0 Å². The third-order valence-electron chi connectivity index (χ3n) is 5.87. The van der Waals surface area contributed by atoms with Gasteiger partial charge < -0.3 is 19.7 Å². The lowest BCUT2D eigenvalue weighted by molar-refractivity contribution is -0.139. The first-order valence-corrected chi connectivity index (χ1v) is 13.0. The van der Waals surface area contributed by atoms with Crippen molar-refractivity contribution in [2.45, 2.75) is 24.4 Å². The molecule has 0 aliphatic heterocycles. The van der Waals surface area contributed by atoms with Crippen LogP contribution in [0.25, 0.3) is 0 Å². The van der Waals surface area contributed by atoms with Gasteiger partial charge in [-0.15, -0.1) is 0 Å². The third kappa shape index (κ3) is 6.59. The fourth-order valence-corrected chi connectivity index (χ4v) is 5.19. The summed E-state index contributed by atoms with van der Waals surface area (Å²) in [5.74, 6) is 0.219. The van der Waals surface area contributed by atoms with Crippen molar-refractivity contribution in [3.05, 3.63) is 84.4 Å². The van der Waals surface area contributed by atoms with Gasteiger partial charge in [-0.25, -0.2) is 8.42 Å². The normalized spacial score (nSPS) is 11.8. The summed E-state index contributed by atoms with van der Waals surface area (Å²) in [6.07, 6.45) is 0. The summed E-state index contributed by atoms with van der Waals surface area (Å²) in [6, 6.07) is 20.5. The largest absolute Gasteiger partial charge is 0.497 e. The zero-order chi connectivity index (χ0) is 27.0. The zero-order valence-corrected chi connectivity index (χ0v) is 22.1. The number of carbonyl (C=O) groups excluding carboxylic acids is 2. The molecule has 0 heterocycles. The summed E-state index contributed by atoms with van der Waals surface area (Å²) in [7, 11) is 0.415. The quantitative estimate of drug-likeness (QED) is 0.413. The molecule has 0 unspecified atom stereocenters. The molecule has 0 spiro atoms. The van der Waals surface area contributed by atoms with E-state index in [1.54, 1.807) is 73.7 Å². The number of hydrogen-bond donors (Lipinski definition) is 1. The van der Waals surface area contributed by atoms with Gasteiger partial charge in [-0.3, -0.25) is 13.9 Å². The van der Waals surface area contributed by atoms with Crippen LogP contribution >= 0.6 is 0 Å². The predicted octanol–water partition coefficient (Wildman–Crippen LogP) is 3.06. The summed E-state index contributed by atoms with van der Waals surface area (Å²) in [5.41, 5.74) is 1.01. The Morgan fingerprint density at radius 2 is 1.54 bits per heavy atom. The Bertz CT molecular complexity index is 1310. The third-order valence-corrected chi connectivity index (χ3v) is 7.66. The van der Waals surface area contributed by atoms with Crippen LogP contribution < -0.4 is 19.1 Å². The van der Waals surface area contributed by atoms with E-state index in [0.29, 0.717) is 11.5 Å². The van der Waals surface area contributed by atoms with Gasteiger partial charge in [0.25, 0.3) is 10.0 Å². The Kier molecular flexibility index (Phi) is 9.13. The van der Waals surface area contributed by atoms with Crippen LogP contribution in [0, 0.1) is 0 Å². The molecule has 0 bridgehead atoms. The number of sulfonamides is 1. The Balaban J connectivity index is 2.02. The highest BCUT2D eigenvalue weighted by Gasteiger charge is 2.32. The van der Waals surface area contributed by atoms with Gasteiger partial charge in [-0.1, -0.05) is 30.3 Å². The maximum absolute atomic E-state index is 13.7. The fourth-order valence-electron chi connectivity index (χ4n) is 3.76. The maximum Gasteiger partial charge on any atom is 0.264 e. The molecule has 0 aliphatic carbocycles. The summed E-state index contributed by atoms with van der Waals surface area (Å²) < 4.78 is 38.9. The highest BCUT2D eigenvalue weighted by atomic mass is 32.2. The van der Waals surface area contributed by atoms with E-state index in [4.69, 9.17) is 9.47 Å². The molecule has 3 aromatic rings. The topological polar surface area (TPSA) is 105 Å². The SMILES string of the molecule is CNC(=O)[C@H](C)N(Cc1cccc(OC)c1)C(=O)CN(c1ccc(OC)cc1)S(=O)(=O)c1ccccc1. The van der Waals surface area contributed by atoms with Crippen LogP contribution in [0.3, 0.4) is 0 Å². The van der Waals surface area contributed by atoms with Gasteiger partial charge in [0.15, 0.2) is 0 Å². The number of ether oxygens (including phenoxy) is 2. The fraction of sp³-hybridized carbons (Fsp3) is 0.259. The summed E-state index contributed by atoms with van der Waals surface area (Å²) in [4.78, 5) is 27.7. The number of carbonyl (C=O) groups is 2. The minimum atomic E-state index is -4.11. The molecular formula is C27H31N3O6S. The molecule has 196 valence electrons. The second-order valence-corrected chi connectivity index (χ2v) is 10.0. The van der Waals surface area contributed by atoms with Gasteiger partial charge in [0.2, 0.25) is 11.8 Å². The lowest BCUT2D eigenvalue weighted by Gasteiger charge is -2.31. The summed E-state index contributed by atoms with van der Waals surface area (Å²) in [6.45, 7) is 1.15. The Morgan fingerprint density at radius 1 is 0.892 bits per heavy atom. The molecule has 1 N–H and O–H groups in total. The van der Waals surface area contributed by atoms with Crippen molar-refractivity contribution >= 4 is 27.5 Å². The number of rotatable bonds is 11. The van der Waals surface area contributed by atoms with Crippen molar-refractivity contribution in [3.8, 4) is 11.5 Å². The van der Waals surface area contributed by atoms with Gasteiger partial charge in [-0.2, -0.15) is 0 Å². The van der Waals surface area contributed by atoms with Crippen molar-refractivity contribution in [2.75, 3.05) is 32.1 Å². The smallest absolute Gasteiger partial charge is 0.264 e. The number of hydrogen-bond acceptors (Lipinski definition) is 6. The predicted molar refractivity (Wildman–Crippen MR) is 141 cm³/mol. The van der Waals surface area contributed by atoms with E-state index in [2.05, 4.69) is 5.32 Å². The number of anilines is 1. The van der Waals surface area contributed by atoms with E-state index < -0.39 is 28.5 Å². The molecule has 3 aromatic carbocycles. The van der Waals surface area contributed by atoms with Crippen LogP contribution in [-0.4, -0.2) is 59.0 Å². The molecule has 9 nitrogen and oxygen atoms in total. The second-order valence-electron chi connectivity index (χ2n) is 8.19. The van der Waals surface area contributed by atoms with Gasteiger partial charge >= 0.3 is 0 Å². The Morgan fingerprint density at radius 3 is 2.14 bits per heavy atom. The number of amides is 2. The number of benzene rings is 3. The number of nitrogens with one attached hydrogen (secondary N) is 1. The van der Waals surface area contributed by atoms with E-state index in [0.717, 1.165) is 9.87 Å². The van der Waals surface area contributed by atoms with Gasteiger partial charge in [-0.05, 0) is 61.0 Å². The van der Waals surface area contributed by atoms with Crippen LogP contribution in [0.1, 0.15) is 12.5 Å². The van der Waals surface area contributed by atoms with E-state index in [1.165, 1.54) is 38.3 Å². The standard InChI is InChI=1S/C27H31N3O6S/c1-20(27(32)28-2)29(18-21-9-8-10-24(17-21)36-4)26(31)19-30(22-13-15-23(35-3)16-14-22)37(33,34)25-11-6-5-7-12-25/h5-17,20H,18-19H2,1-4H3,(H,28,32)/t20-/m0/s1. The number of nitrogens with zero attached hydrogens (tertiary/aromatic N) is 2. The van der Waals surface area contributed by atoms with E-state index >= 15 is 0 Å². The van der Waals surface area contributed by atoms with Crippen molar-refractivity contribution in [1.29, 1.82) is 0 Å². The average Bonchev–Trinajstić information content (AvgIpc) is 2.94. The molecule has 1 atom stereocenters. The van der Waals surface area contributed by atoms with Gasteiger partial charge in [0.05, 0.1) is 24.8 Å². The Hall–Kier alpha value is -4.05. The lowest BCUT2D eigenvalue weighted by Crippen LogP contribution is -2.50. The molecule has 0 fully saturated rings. The van der Waals surface area contributed by atoms with Crippen LogP contribution in [0.4, 0.5) is 5.69 Å². The molecule has 0 saturated carbocycles. The minimum Gasteiger partial charge on any atom is -0.497 e. The molecular weight excluding hydrogens is 494 g/mol. The molecule has 0 aromatic heterocycles. The van der Waals surface area contributed by atoms with E-state index in [1.807, 2.05) is 0 Å². The summed E-state index contributed by atoms with van der Waals surface area (Å²) in [5, 5.41) is 2.56. The van der Waals surface area contributed by atoms with Crippen LogP contribution in [0.2, 0.25) is 0 Å². The maximum atomic E-state index is 13.7. The highest BCUT2D eigenvalue weighted by Crippen LogP contribution is 2.26. The molecule has 0 radical (unpaired) electrons. The van der Waals surface area contributed by atoms with Crippen molar-refractivity contribution in [1.82, 2.24) is 10.2 Å². The second kappa shape index (κ2) is 12.3. The number of likely N-dealkylation sites (N-methyl/N-ethyl adjacent to an activating group) is 1. The minimum absolute atomic E-state index is 0.0392. The molecule has 0 saturated heterocycles. The molecule has 0 aliphatic rings. The molecule has 3 rings (SSSR count). The number of methoxy groups -OCH3 is 2.